The number of nitrogens with zero attached hydrogens (tertiary/aromatic N) is 5. The van der Waals surface area contributed by atoms with E-state index in [0.717, 1.165) is 48.3 Å². The molecule has 5 heterocycles. The van der Waals surface area contributed by atoms with Crippen LogP contribution in [0, 0.1) is 5.41 Å². The van der Waals surface area contributed by atoms with Gasteiger partial charge in [0, 0.05) is 35.6 Å². The lowest BCUT2D eigenvalue weighted by molar-refractivity contribution is 0.0974. The van der Waals surface area contributed by atoms with E-state index in [9.17, 15) is 0 Å². The molecule has 3 aromatic heterocycles. The number of rotatable bonds is 5. The Bertz CT molecular complexity index is 1360. The van der Waals surface area contributed by atoms with Crippen LogP contribution in [0.25, 0.3) is 11.0 Å². The Labute approximate surface area is 217 Å². The number of hydrogen-bond acceptors (Lipinski definition) is 9. The van der Waals surface area contributed by atoms with Gasteiger partial charge in [-0.3, -0.25) is 4.98 Å². The summed E-state index contributed by atoms with van der Waals surface area (Å²) in [5.41, 5.74) is 7.96. The molecule has 2 saturated heterocycles. The number of fused-ring (bicyclic) bond motifs is 1. The van der Waals surface area contributed by atoms with Crippen molar-refractivity contribution in [1.29, 1.82) is 0 Å². The lowest BCUT2D eigenvalue weighted by Crippen LogP contribution is -2.50. The molecule has 3 N–H and O–H groups in total. The number of aromatic nitrogens is 5. The highest BCUT2D eigenvalue weighted by molar-refractivity contribution is 7.99. The van der Waals surface area contributed by atoms with Crippen molar-refractivity contribution in [2.24, 2.45) is 11.1 Å². The van der Waals surface area contributed by atoms with Gasteiger partial charge in [0.25, 0.3) is 6.01 Å². The third kappa shape index (κ3) is 4.39. The fourth-order valence-corrected chi connectivity index (χ4v) is 6.03. The topological polar surface area (TPSA) is 115 Å². The number of ether oxygens (including phenoxy) is 2. The first-order valence-corrected chi connectivity index (χ1v) is 13.1. The Balaban J connectivity index is 1.13. The molecule has 0 bridgehead atoms. The average Bonchev–Trinajstić information content (AvgIpc) is 3.44. The van der Waals surface area contributed by atoms with Crippen LogP contribution < -0.4 is 15.4 Å². The second-order valence-electron chi connectivity index (χ2n) is 9.31. The molecular formula is C25H26ClN7O2S. The molecule has 186 valence electrons. The zero-order valence-corrected chi connectivity index (χ0v) is 21.3. The van der Waals surface area contributed by atoms with Gasteiger partial charge in [-0.05, 0) is 44.0 Å². The number of nitrogens with two attached hydrogens (primary N) is 1. The van der Waals surface area contributed by atoms with Crippen molar-refractivity contribution in [3.05, 3.63) is 54.1 Å². The van der Waals surface area contributed by atoms with Gasteiger partial charge >= 0.3 is 0 Å². The first kappa shape index (κ1) is 23.5. The summed E-state index contributed by atoms with van der Waals surface area (Å²) >= 11 is 8.16. The van der Waals surface area contributed by atoms with Crippen LogP contribution in [0.1, 0.15) is 19.8 Å². The molecule has 0 unspecified atom stereocenters. The number of H-pyrrole nitrogens is 1. The predicted molar refractivity (Wildman–Crippen MR) is 139 cm³/mol. The summed E-state index contributed by atoms with van der Waals surface area (Å²) in [6.07, 6.45) is 9.06. The number of benzene rings is 1. The van der Waals surface area contributed by atoms with Crippen LogP contribution in [0.5, 0.6) is 11.8 Å². The number of nitrogens with one attached hydrogen (secondary N) is 1. The molecule has 36 heavy (non-hydrogen) atoms. The van der Waals surface area contributed by atoms with Crippen LogP contribution in [-0.2, 0) is 4.74 Å². The molecule has 0 aliphatic carbocycles. The average molecular weight is 524 g/mol. The minimum absolute atomic E-state index is 0.0874. The zero-order valence-electron chi connectivity index (χ0n) is 19.7. The summed E-state index contributed by atoms with van der Waals surface area (Å²) in [6.45, 7) is 4.62. The molecule has 4 aromatic rings. The Hall–Kier alpha value is -2.92. The Morgan fingerprint density at radius 2 is 2.06 bits per heavy atom. The summed E-state index contributed by atoms with van der Waals surface area (Å²) in [6, 6.07) is 7.89. The summed E-state index contributed by atoms with van der Waals surface area (Å²) in [7, 11) is 0. The van der Waals surface area contributed by atoms with Gasteiger partial charge in [0.15, 0.2) is 0 Å². The quantitative estimate of drug-likeness (QED) is 0.384. The van der Waals surface area contributed by atoms with Crippen molar-refractivity contribution in [3.8, 4) is 11.8 Å². The molecule has 1 spiro atoms. The maximum absolute atomic E-state index is 6.71. The molecule has 2 atom stereocenters. The van der Waals surface area contributed by atoms with E-state index in [-0.39, 0.29) is 17.6 Å². The standard InChI is InChI=1S/C25H26ClN7O2S/c1-15-23(27)25(14-34-15)6-9-33(10-7-25)19-12-30-20(13-29-19)36-18-5-4-17-22(21(18)26)32-24(31-17)35-16-3-2-8-28-11-16/h2-5,8,11-13,15,23H,6-7,9-10,14,27H2,1H3,(H,31,32)/t15-,23+/m0/s1. The summed E-state index contributed by atoms with van der Waals surface area (Å²) in [5.74, 6) is 1.47. The SMILES string of the molecule is C[C@@H]1OCC2(CCN(c3cnc(Sc4ccc5nc(Oc6cccnc6)[nH]c5c4Cl)cn3)CC2)[C@@H]1N. The maximum atomic E-state index is 6.71. The highest BCUT2D eigenvalue weighted by Crippen LogP contribution is 2.42. The van der Waals surface area contributed by atoms with E-state index in [4.69, 9.17) is 26.8 Å². The van der Waals surface area contributed by atoms with Gasteiger partial charge in [-0.2, -0.15) is 4.98 Å². The van der Waals surface area contributed by atoms with Gasteiger partial charge < -0.3 is 25.1 Å². The predicted octanol–water partition coefficient (Wildman–Crippen LogP) is 4.68. The van der Waals surface area contributed by atoms with Crippen molar-refractivity contribution in [1.82, 2.24) is 24.9 Å². The van der Waals surface area contributed by atoms with Crippen LogP contribution in [0.2, 0.25) is 5.02 Å². The second-order valence-corrected chi connectivity index (χ2v) is 10.8. The highest BCUT2D eigenvalue weighted by atomic mass is 35.5. The molecule has 11 heteroatoms. The minimum Gasteiger partial charge on any atom is -0.424 e. The number of hydrogen-bond donors (Lipinski definition) is 2. The van der Waals surface area contributed by atoms with Crippen LogP contribution >= 0.6 is 23.4 Å². The Morgan fingerprint density at radius 3 is 2.75 bits per heavy atom. The molecule has 0 amide bonds. The molecular weight excluding hydrogens is 498 g/mol. The van der Waals surface area contributed by atoms with E-state index in [2.05, 4.69) is 36.7 Å². The Morgan fingerprint density at radius 1 is 1.19 bits per heavy atom. The summed E-state index contributed by atoms with van der Waals surface area (Å²) < 4.78 is 11.6. The van der Waals surface area contributed by atoms with E-state index in [1.807, 2.05) is 24.4 Å². The maximum Gasteiger partial charge on any atom is 0.300 e. The van der Waals surface area contributed by atoms with Gasteiger partial charge in [-0.25, -0.2) is 9.97 Å². The van der Waals surface area contributed by atoms with E-state index in [1.165, 1.54) is 11.8 Å². The minimum atomic E-state index is 0.0874. The number of anilines is 1. The van der Waals surface area contributed by atoms with Gasteiger partial charge in [0.1, 0.15) is 16.6 Å². The van der Waals surface area contributed by atoms with Crippen molar-refractivity contribution in [3.63, 3.8) is 0 Å². The normalized spacial score (nSPS) is 21.4. The number of imidazole rings is 1. The van der Waals surface area contributed by atoms with Crippen molar-refractivity contribution < 1.29 is 9.47 Å². The van der Waals surface area contributed by atoms with Crippen molar-refractivity contribution in [2.75, 3.05) is 24.6 Å². The molecule has 2 fully saturated rings. The van der Waals surface area contributed by atoms with Gasteiger partial charge in [-0.1, -0.05) is 23.4 Å². The first-order valence-electron chi connectivity index (χ1n) is 11.9. The fraction of sp³-hybridized carbons (Fsp3) is 0.360. The largest absolute Gasteiger partial charge is 0.424 e. The third-order valence-corrected chi connectivity index (χ3v) is 8.63. The molecule has 0 saturated carbocycles. The van der Waals surface area contributed by atoms with Crippen molar-refractivity contribution >= 4 is 40.2 Å². The first-order chi connectivity index (χ1) is 17.5. The van der Waals surface area contributed by atoms with Gasteiger partial charge in [0.2, 0.25) is 0 Å². The smallest absolute Gasteiger partial charge is 0.300 e. The highest BCUT2D eigenvalue weighted by Gasteiger charge is 2.47. The van der Waals surface area contributed by atoms with Gasteiger partial charge in [-0.15, -0.1) is 0 Å². The van der Waals surface area contributed by atoms with E-state index >= 15 is 0 Å². The van der Waals surface area contributed by atoms with Gasteiger partial charge in [0.05, 0.1) is 47.4 Å². The Kier molecular flexibility index (Phi) is 6.20. The lowest BCUT2D eigenvalue weighted by Gasteiger charge is -2.41. The summed E-state index contributed by atoms with van der Waals surface area (Å²) in [5, 5.41) is 1.32. The van der Waals surface area contributed by atoms with Crippen LogP contribution in [0.4, 0.5) is 5.82 Å². The molecule has 2 aliphatic rings. The number of halogens is 1. The molecule has 0 radical (unpaired) electrons. The van der Waals surface area contributed by atoms with E-state index < -0.39 is 0 Å². The number of pyridine rings is 1. The molecule has 2 aliphatic heterocycles. The molecule has 1 aromatic carbocycles. The second kappa shape index (κ2) is 9.51. The van der Waals surface area contributed by atoms with Crippen LogP contribution in [-0.4, -0.2) is 56.8 Å². The van der Waals surface area contributed by atoms with Crippen LogP contribution in [0.15, 0.2) is 59.0 Å². The zero-order chi connectivity index (χ0) is 24.7. The monoisotopic (exact) mass is 523 g/mol. The van der Waals surface area contributed by atoms with Crippen LogP contribution in [0.3, 0.4) is 0 Å². The van der Waals surface area contributed by atoms with E-state index in [1.54, 1.807) is 24.7 Å². The fourth-order valence-electron chi connectivity index (χ4n) is 4.94. The number of piperidine rings is 1. The summed E-state index contributed by atoms with van der Waals surface area (Å²) in [4.78, 5) is 24.1. The molecule has 6 rings (SSSR count). The third-order valence-electron chi connectivity index (χ3n) is 7.15. The lowest BCUT2D eigenvalue weighted by atomic mass is 9.73. The van der Waals surface area contributed by atoms with E-state index in [0.29, 0.717) is 27.8 Å². The van der Waals surface area contributed by atoms with Crippen molar-refractivity contribution in [2.45, 2.75) is 41.8 Å². The number of aromatic amines is 1. The molecule has 9 nitrogen and oxygen atoms in total.